The Morgan fingerprint density at radius 3 is 2.21 bits per heavy atom. The lowest BCUT2D eigenvalue weighted by molar-refractivity contribution is 0.0997. The molecule has 0 unspecified atom stereocenters. The summed E-state index contributed by atoms with van der Waals surface area (Å²) in [5.74, 6) is 0. The monoisotopic (exact) mass is 280 g/mol. The zero-order chi connectivity index (χ0) is 13.7. The minimum atomic E-state index is 0.191. The molecule has 2 nitrogen and oxygen atoms in total. The topological polar surface area (TPSA) is 29.3 Å². The van der Waals surface area contributed by atoms with E-state index in [2.05, 4.69) is 24.1 Å². The van der Waals surface area contributed by atoms with Crippen LogP contribution >= 0.6 is 11.6 Å². The quantitative estimate of drug-likeness (QED) is 0.850. The molecule has 2 rings (SSSR count). The third kappa shape index (κ3) is 3.71. The first-order valence-corrected chi connectivity index (χ1v) is 7.70. The van der Waals surface area contributed by atoms with Gasteiger partial charge in [0.1, 0.15) is 0 Å². The van der Waals surface area contributed by atoms with Gasteiger partial charge in [-0.15, -0.1) is 0 Å². The number of halogens is 1. The molecule has 1 aromatic rings. The van der Waals surface area contributed by atoms with Gasteiger partial charge in [0.2, 0.25) is 0 Å². The minimum absolute atomic E-state index is 0.191. The van der Waals surface area contributed by atoms with E-state index in [1.807, 2.05) is 12.1 Å². The molecule has 19 heavy (non-hydrogen) atoms. The predicted octanol–water partition coefficient (Wildman–Crippen LogP) is 3.82. The van der Waals surface area contributed by atoms with Crippen molar-refractivity contribution in [2.75, 3.05) is 13.6 Å². The zero-order valence-electron chi connectivity index (χ0n) is 11.9. The first kappa shape index (κ1) is 14.8. The maximum atomic E-state index is 6.12. The van der Waals surface area contributed by atoms with Crippen molar-refractivity contribution in [1.82, 2.24) is 4.90 Å². The van der Waals surface area contributed by atoms with E-state index < -0.39 is 0 Å². The predicted molar refractivity (Wildman–Crippen MR) is 82.4 cm³/mol. The Labute approximate surface area is 121 Å². The standard InChI is InChI=1S/C16H25ClN2/c1-19(12-14-6-8-15(17)9-7-14)16(13-18)10-4-2-3-5-11-16/h6-9H,2-5,10-13,18H2,1H3. The van der Waals surface area contributed by atoms with Crippen LogP contribution < -0.4 is 5.73 Å². The number of nitrogens with two attached hydrogens (primary N) is 1. The molecule has 0 bridgehead atoms. The van der Waals surface area contributed by atoms with E-state index in [1.54, 1.807) is 0 Å². The summed E-state index contributed by atoms with van der Waals surface area (Å²) in [5.41, 5.74) is 7.62. The highest BCUT2D eigenvalue weighted by Gasteiger charge is 2.33. The van der Waals surface area contributed by atoms with Crippen LogP contribution in [0.15, 0.2) is 24.3 Å². The minimum Gasteiger partial charge on any atom is -0.329 e. The lowest BCUT2D eigenvalue weighted by Crippen LogP contribution is -2.51. The molecule has 106 valence electrons. The van der Waals surface area contributed by atoms with Gasteiger partial charge in [-0.2, -0.15) is 0 Å². The van der Waals surface area contributed by atoms with Gasteiger partial charge in [0.25, 0.3) is 0 Å². The van der Waals surface area contributed by atoms with Gasteiger partial charge in [-0.05, 0) is 37.6 Å². The van der Waals surface area contributed by atoms with Gasteiger partial charge in [-0.25, -0.2) is 0 Å². The van der Waals surface area contributed by atoms with Crippen molar-refractivity contribution in [3.05, 3.63) is 34.9 Å². The van der Waals surface area contributed by atoms with E-state index in [9.17, 15) is 0 Å². The number of nitrogens with zero attached hydrogens (tertiary/aromatic N) is 1. The van der Waals surface area contributed by atoms with Crippen LogP contribution in [0.1, 0.15) is 44.1 Å². The summed E-state index contributed by atoms with van der Waals surface area (Å²) in [5, 5.41) is 0.800. The number of hydrogen-bond donors (Lipinski definition) is 1. The molecule has 2 N–H and O–H groups in total. The highest BCUT2D eigenvalue weighted by atomic mass is 35.5. The lowest BCUT2D eigenvalue weighted by Gasteiger charge is -2.41. The maximum Gasteiger partial charge on any atom is 0.0406 e. The molecular weight excluding hydrogens is 256 g/mol. The van der Waals surface area contributed by atoms with Crippen molar-refractivity contribution in [2.24, 2.45) is 5.73 Å². The Morgan fingerprint density at radius 1 is 1.11 bits per heavy atom. The molecule has 0 aromatic heterocycles. The van der Waals surface area contributed by atoms with E-state index in [4.69, 9.17) is 17.3 Å². The van der Waals surface area contributed by atoms with Crippen molar-refractivity contribution >= 4 is 11.6 Å². The molecule has 0 amide bonds. The molecule has 0 spiro atoms. The van der Waals surface area contributed by atoms with E-state index in [0.29, 0.717) is 0 Å². The van der Waals surface area contributed by atoms with Gasteiger partial charge in [0.05, 0.1) is 0 Å². The Kier molecular flexibility index (Phi) is 5.26. The Hall–Kier alpha value is -0.570. The third-order valence-electron chi connectivity index (χ3n) is 4.56. The molecule has 3 heteroatoms. The SMILES string of the molecule is CN(Cc1ccc(Cl)cc1)C1(CN)CCCCCC1. The van der Waals surface area contributed by atoms with E-state index in [-0.39, 0.29) is 5.54 Å². The number of benzene rings is 1. The first-order valence-electron chi connectivity index (χ1n) is 7.32. The third-order valence-corrected chi connectivity index (χ3v) is 4.81. The summed E-state index contributed by atoms with van der Waals surface area (Å²) < 4.78 is 0. The first-order chi connectivity index (χ1) is 9.16. The zero-order valence-corrected chi connectivity index (χ0v) is 12.6. The molecule has 1 fully saturated rings. The highest BCUT2D eigenvalue weighted by molar-refractivity contribution is 6.30. The molecule has 0 saturated heterocycles. The molecule has 1 aromatic carbocycles. The molecular formula is C16H25ClN2. The fourth-order valence-electron chi connectivity index (χ4n) is 3.16. The van der Waals surface area contributed by atoms with Crippen molar-refractivity contribution in [1.29, 1.82) is 0 Å². The second kappa shape index (κ2) is 6.74. The average molecular weight is 281 g/mol. The Balaban J connectivity index is 2.07. The second-order valence-corrected chi connectivity index (χ2v) is 6.26. The molecule has 1 aliphatic rings. The van der Waals surface area contributed by atoms with Crippen LogP contribution in [-0.4, -0.2) is 24.0 Å². The molecule has 0 heterocycles. The highest BCUT2D eigenvalue weighted by Crippen LogP contribution is 2.32. The van der Waals surface area contributed by atoms with Crippen LogP contribution in [0, 0.1) is 0 Å². The van der Waals surface area contributed by atoms with E-state index in [1.165, 1.54) is 44.1 Å². The van der Waals surface area contributed by atoms with Crippen molar-refractivity contribution in [2.45, 2.75) is 50.6 Å². The van der Waals surface area contributed by atoms with Gasteiger partial charge in [0, 0.05) is 23.7 Å². The summed E-state index contributed by atoms with van der Waals surface area (Å²) in [6.07, 6.45) is 7.79. The number of hydrogen-bond acceptors (Lipinski definition) is 2. The largest absolute Gasteiger partial charge is 0.329 e. The van der Waals surface area contributed by atoms with Gasteiger partial charge in [-0.3, -0.25) is 4.90 Å². The van der Waals surface area contributed by atoms with Gasteiger partial charge >= 0.3 is 0 Å². The van der Waals surface area contributed by atoms with Gasteiger partial charge in [0.15, 0.2) is 0 Å². The number of rotatable bonds is 4. The van der Waals surface area contributed by atoms with Crippen LogP contribution in [0.4, 0.5) is 0 Å². The van der Waals surface area contributed by atoms with Crippen LogP contribution in [0.5, 0.6) is 0 Å². The lowest BCUT2D eigenvalue weighted by atomic mass is 9.88. The van der Waals surface area contributed by atoms with Crippen molar-refractivity contribution in [3.8, 4) is 0 Å². The van der Waals surface area contributed by atoms with Crippen LogP contribution in [0.2, 0.25) is 5.02 Å². The summed E-state index contributed by atoms with van der Waals surface area (Å²) >= 11 is 5.94. The van der Waals surface area contributed by atoms with Crippen molar-refractivity contribution < 1.29 is 0 Å². The maximum absolute atomic E-state index is 6.12. The summed E-state index contributed by atoms with van der Waals surface area (Å²) in [4.78, 5) is 2.46. The van der Waals surface area contributed by atoms with E-state index in [0.717, 1.165) is 18.1 Å². The smallest absolute Gasteiger partial charge is 0.0406 e. The fraction of sp³-hybridized carbons (Fsp3) is 0.625. The second-order valence-electron chi connectivity index (χ2n) is 5.83. The normalized spacial score (nSPS) is 19.4. The Bertz CT molecular complexity index is 380. The molecule has 0 atom stereocenters. The summed E-state index contributed by atoms with van der Waals surface area (Å²) in [6.45, 7) is 1.71. The van der Waals surface area contributed by atoms with Crippen LogP contribution in [0.3, 0.4) is 0 Å². The van der Waals surface area contributed by atoms with Gasteiger partial charge in [-0.1, -0.05) is 49.4 Å². The molecule has 1 aliphatic carbocycles. The molecule has 0 radical (unpaired) electrons. The van der Waals surface area contributed by atoms with E-state index >= 15 is 0 Å². The summed E-state index contributed by atoms with van der Waals surface area (Å²) in [7, 11) is 2.22. The van der Waals surface area contributed by atoms with Crippen molar-refractivity contribution in [3.63, 3.8) is 0 Å². The van der Waals surface area contributed by atoms with Crippen LogP contribution in [-0.2, 0) is 6.54 Å². The molecule has 0 aliphatic heterocycles. The summed E-state index contributed by atoms with van der Waals surface area (Å²) in [6, 6.07) is 8.15. The number of likely N-dealkylation sites (N-methyl/N-ethyl adjacent to an activating group) is 1. The fourth-order valence-corrected chi connectivity index (χ4v) is 3.29. The molecule has 1 saturated carbocycles. The average Bonchev–Trinajstić information content (AvgIpc) is 2.67. The van der Waals surface area contributed by atoms with Crippen LogP contribution in [0.25, 0.3) is 0 Å². The van der Waals surface area contributed by atoms with Gasteiger partial charge < -0.3 is 5.73 Å². The Morgan fingerprint density at radius 2 is 1.68 bits per heavy atom.